The maximum absolute atomic E-state index is 15.4. The van der Waals surface area contributed by atoms with Crippen LogP contribution in [0, 0.1) is 5.92 Å². The predicted octanol–water partition coefficient (Wildman–Crippen LogP) is 7.12. The highest BCUT2D eigenvalue weighted by Gasteiger charge is 2.64. The van der Waals surface area contributed by atoms with Crippen molar-refractivity contribution in [3.05, 3.63) is 41.1 Å². The Balaban J connectivity index is 1.15. The maximum Gasteiger partial charge on any atom is 0.420 e. The summed E-state index contributed by atoms with van der Waals surface area (Å²) in [6, 6.07) is 3.55. The molecule has 1 saturated carbocycles. The molecule has 3 aromatic rings. The summed E-state index contributed by atoms with van der Waals surface area (Å²) in [5, 5.41) is 0.0854. The highest BCUT2D eigenvalue weighted by molar-refractivity contribution is 5.95. The summed E-state index contributed by atoms with van der Waals surface area (Å²) in [6.07, 6.45) is 0.846. The molecule has 5 saturated heterocycles. The summed E-state index contributed by atoms with van der Waals surface area (Å²) in [5.41, 5.74) is -2.70. The summed E-state index contributed by atoms with van der Waals surface area (Å²) in [6.45, 7) is 8.21. The van der Waals surface area contributed by atoms with E-state index in [2.05, 4.69) is 14.9 Å². The highest BCUT2D eigenvalue weighted by atomic mass is 19.4. The third-order valence-electron chi connectivity index (χ3n) is 11.7. The first-order valence-corrected chi connectivity index (χ1v) is 17.6. The van der Waals surface area contributed by atoms with Gasteiger partial charge >= 0.3 is 18.3 Å². The smallest absolute Gasteiger partial charge is 0.420 e. The van der Waals surface area contributed by atoms with Crippen LogP contribution in [-0.2, 0) is 16.8 Å². The van der Waals surface area contributed by atoms with Gasteiger partial charge in [0, 0.05) is 36.3 Å². The number of nitrogens with zero attached hydrogens (tertiary/aromatic N) is 6. The van der Waals surface area contributed by atoms with E-state index in [0.717, 1.165) is 45.2 Å². The normalized spacial score (nSPS) is 27.5. The average Bonchev–Trinajstić information content (AvgIpc) is 3.52. The maximum atomic E-state index is 15.4. The van der Waals surface area contributed by atoms with E-state index in [1.54, 1.807) is 25.7 Å². The lowest BCUT2D eigenvalue weighted by atomic mass is 9.87. The topological polar surface area (TPSA) is 83.9 Å². The molecule has 1 aromatic carbocycles. The number of piperidine rings is 1. The van der Waals surface area contributed by atoms with Crippen LogP contribution in [0.15, 0.2) is 24.4 Å². The molecule has 2 bridgehead atoms. The van der Waals surface area contributed by atoms with Crippen LogP contribution < -0.4 is 9.64 Å². The molecular formula is C36H39F5N6O3. The molecule has 0 radical (unpaired) electrons. The number of amides is 1. The van der Waals surface area contributed by atoms with Crippen molar-refractivity contribution in [2.45, 2.75) is 101 Å². The predicted molar refractivity (Wildman–Crippen MR) is 173 cm³/mol. The number of hydrogen-bond acceptors (Lipinski definition) is 8. The van der Waals surface area contributed by atoms with Crippen LogP contribution in [0.2, 0.25) is 0 Å². The van der Waals surface area contributed by atoms with E-state index in [0.29, 0.717) is 13.1 Å². The van der Waals surface area contributed by atoms with Gasteiger partial charge in [0.15, 0.2) is 0 Å². The van der Waals surface area contributed by atoms with Crippen molar-refractivity contribution >= 4 is 22.8 Å². The van der Waals surface area contributed by atoms with Crippen LogP contribution in [0.4, 0.5) is 32.6 Å². The summed E-state index contributed by atoms with van der Waals surface area (Å²) >= 11 is 0. The van der Waals surface area contributed by atoms with E-state index >= 15 is 22.0 Å². The lowest BCUT2D eigenvalue weighted by molar-refractivity contribution is -0.136. The van der Waals surface area contributed by atoms with Crippen molar-refractivity contribution in [1.29, 1.82) is 0 Å². The fourth-order valence-electron chi connectivity index (χ4n) is 9.46. The van der Waals surface area contributed by atoms with Gasteiger partial charge in [-0.25, -0.2) is 13.6 Å². The van der Waals surface area contributed by atoms with Gasteiger partial charge in [-0.1, -0.05) is 18.2 Å². The van der Waals surface area contributed by atoms with Crippen LogP contribution in [-0.4, -0.2) is 86.9 Å². The van der Waals surface area contributed by atoms with E-state index in [9.17, 15) is 4.79 Å². The number of rotatable bonds is 5. The van der Waals surface area contributed by atoms with E-state index in [-0.39, 0.29) is 70.1 Å². The highest BCUT2D eigenvalue weighted by Crippen LogP contribution is 2.68. The Morgan fingerprint density at radius 1 is 1.02 bits per heavy atom. The van der Waals surface area contributed by atoms with Crippen LogP contribution in [0.1, 0.15) is 81.9 Å². The van der Waals surface area contributed by atoms with Crippen molar-refractivity contribution in [1.82, 2.24) is 24.8 Å². The van der Waals surface area contributed by atoms with Crippen LogP contribution in [0.3, 0.4) is 0 Å². The van der Waals surface area contributed by atoms with E-state index in [1.165, 1.54) is 24.4 Å². The number of piperazine rings is 1. The minimum Gasteiger partial charge on any atom is -0.461 e. The number of anilines is 1. The number of benzene rings is 1. The second-order valence-corrected chi connectivity index (χ2v) is 16.0. The quantitative estimate of drug-likeness (QED) is 0.261. The van der Waals surface area contributed by atoms with Gasteiger partial charge in [0.2, 0.25) is 0 Å². The summed E-state index contributed by atoms with van der Waals surface area (Å²) in [4.78, 5) is 32.5. The van der Waals surface area contributed by atoms with Gasteiger partial charge in [-0.3, -0.25) is 14.8 Å². The third-order valence-corrected chi connectivity index (χ3v) is 11.7. The second kappa shape index (κ2) is 10.6. The minimum absolute atomic E-state index is 0.0580. The molecule has 0 spiro atoms. The van der Waals surface area contributed by atoms with Crippen molar-refractivity contribution in [3.63, 3.8) is 0 Å². The SMILES string of the molecule is CC(C)(C)OC(=O)N1C2CC1CN(c1nc(OCC34CCCN3CCC4)nc3c(C(F)(F)F)c(-c4cccc5c4C4CC4C5(F)F)ncc13)C2. The molecule has 0 N–H and O–H groups in total. The molecule has 9 nitrogen and oxygen atoms in total. The van der Waals surface area contributed by atoms with Crippen molar-refractivity contribution in [3.8, 4) is 17.3 Å². The first kappa shape index (κ1) is 32.1. The molecular weight excluding hydrogens is 659 g/mol. The molecule has 7 aliphatic rings. The zero-order chi connectivity index (χ0) is 35.0. The Labute approximate surface area is 286 Å². The largest absolute Gasteiger partial charge is 0.461 e. The number of fused-ring (bicyclic) bond motifs is 7. The van der Waals surface area contributed by atoms with Gasteiger partial charge in [0.25, 0.3) is 5.92 Å². The average molecular weight is 699 g/mol. The van der Waals surface area contributed by atoms with Crippen molar-refractivity contribution in [2.24, 2.45) is 5.92 Å². The van der Waals surface area contributed by atoms with Crippen LogP contribution >= 0.6 is 0 Å². The standard InChI is InChI=1S/C36H39F5N6O3/c1-33(2,3)50-32(48)47-19-13-20(47)17-45(16-19)30-23-15-42-28(21-7-4-8-24-26(21)22-14-25(22)35(24,37)38)27(36(39,40)41)29(23)43-31(44-30)49-18-34-9-5-11-46(34)12-6-10-34/h4,7-8,15,19-20,22,25H,5-6,9-14,16-18H2,1-3H3. The van der Waals surface area contributed by atoms with Crippen LogP contribution in [0.5, 0.6) is 6.01 Å². The van der Waals surface area contributed by atoms with Crippen molar-refractivity contribution < 1.29 is 36.2 Å². The van der Waals surface area contributed by atoms with Gasteiger partial charge in [-0.15, -0.1) is 0 Å². The number of ether oxygens (including phenoxy) is 2. The van der Waals surface area contributed by atoms with E-state index in [4.69, 9.17) is 14.5 Å². The molecule has 266 valence electrons. The van der Waals surface area contributed by atoms with Gasteiger partial charge in [-0.05, 0) is 83.9 Å². The number of halogens is 5. The molecule has 7 heterocycles. The van der Waals surface area contributed by atoms with Gasteiger partial charge in [0.1, 0.15) is 23.6 Å². The number of alkyl halides is 5. The minimum atomic E-state index is -4.93. The molecule has 6 fully saturated rings. The van der Waals surface area contributed by atoms with Crippen LogP contribution in [0.25, 0.3) is 22.2 Å². The monoisotopic (exact) mass is 698 g/mol. The second-order valence-electron chi connectivity index (χ2n) is 16.0. The lowest BCUT2D eigenvalue weighted by Crippen LogP contribution is -2.70. The Bertz CT molecular complexity index is 1890. The molecule has 14 heteroatoms. The van der Waals surface area contributed by atoms with Gasteiger partial charge in [-0.2, -0.15) is 23.1 Å². The molecule has 50 heavy (non-hydrogen) atoms. The fraction of sp³-hybridized carbons (Fsp3) is 0.611. The molecule has 1 amide bonds. The number of hydrogen-bond donors (Lipinski definition) is 0. The number of carbonyl (C=O) groups is 1. The fourth-order valence-corrected chi connectivity index (χ4v) is 9.46. The van der Waals surface area contributed by atoms with Gasteiger partial charge < -0.3 is 14.4 Å². The Hall–Kier alpha value is -3.81. The molecule has 5 aliphatic heterocycles. The first-order valence-electron chi connectivity index (χ1n) is 17.6. The molecule has 2 aromatic heterocycles. The Kier molecular flexibility index (Phi) is 6.82. The first-order chi connectivity index (χ1) is 23.6. The number of carbonyl (C=O) groups excluding carboxylic acids is 1. The summed E-state index contributed by atoms with van der Waals surface area (Å²) in [7, 11) is 0. The zero-order valence-corrected chi connectivity index (χ0v) is 28.2. The lowest BCUT2D eigenvalue weighted by Gasteiger charge is -2.56. The number of pyridine rings is 1. The molecule has 10 rings (SSSR count). The van der Waals surface area contributed by atoms with E-state index < -0.39 is 46.9 Å². The Morgan fingerprint density at radius 3 is 2.42 bits per heavy atom. The van der Waals surface area contributed by atoms with Gasteiger partial charge in [0.05, 0.1) is 34.2 Å². The third kappa shape index (κ3) is 4.86. The number of aromatic nitrogens is 3. The molecule has 4 atom stereocenters. The zero-order valence-electron chi connectivity index (χ0n) is 28.2. The van der Waals surface area contributed by atoms with Crippen molar-refractivity contribution in [2.75, 3.05) is 37.7 Å². The Morgan fingerprint density at radius 2 is 1.74 bits per heavy atom. The summed E-state index contributed by atoms with van der Waals surface area (Å²) < 4.78 is 88.3. The van der Waals surface area contributed by atoms with E-state index in [1.807, 2.05) is 4.90 Å². The summed E-state index contributed by atoms with van der Waals surface area (Å²) in [5.74, 6) is -4.27. The molecule has 4 unspecified atom stereocenters. The molecule has 2 aliphatic carbocycles.